The predicted octanol–water partition coefficient (Wildman–Crippen LogP) is 2.83. The summed E-state index contributed by atoms with van der Waals surface area (Å²) < 4.78 is 7.95. The van der Waals surface area contributed by atoms with Crippen LogP contribution in [0.15, 0.2) is 42.7 Å². The van der Waals surface area contributed by atoms with Gasteiger partial charge in [-0.25, -0.2) is 9.97 Å². The molecule has 0 atom stereocenters. The normalized spacial score (nSPS) is 16.7. The van der Waals surface area contributed by atoms with Gasteiger partial charge in [0.25, 0.3) is 0 Å². The van der Waals surface area contributed by atoms with Gasteiger partial charge in [0, 0.05) is 64.6 Å². The Bertz CT molecular complexity index is 1100. The molecule has 1 amide bonds. The van der Waals surface area contributed by atoms with Crippen molar-refractivity contribution in [1.82, 2.24) is 24.6 Å². The lowest BCUT2D eigenvalue weighted by atomic mass is 10.1. The average Bonchev–Trinajstić information content (AvgIpc) is 3.25. The number of aromatic nitrogens is 4. The number of carbonyl (C=O) groups is 1. The molecule has 3 aromatic rings. The summed E-state index contributed by atoms with van der Waals surface area (Å²) >= 11 is 0. The highest BCUT2D eigenvalue weighted by molar-refractivity contribution is 5.74. The molecule has 0 unspecified atom stereocenters. The topological polar surface area (TPSA) is 76.4 Å². The highest BCUT2D eigenvalue weighted by Crippen LogP contribution is 2.32. The molecule has 8 heteroatoms. The Morgan fingerprint density at radius 2 is 1.84 bits per heavy atom. The van der Waals surface area contributed by atoms with Gasteiger partial charge in [0.15, 0.2) is 5.82 Å². The van der Waals surface area contributed by atoms with Gasteiger partial charge in [0.2, 0.25) is 5.91 Å². The lowest BCUT2D eigenvalue weighted by molar-refractivity contribution is -0.129. The number of hydrogen-bond acceptors (Lipinski definition) is 6. The molecular formula is C24H28N6O2. The van der Waals surface area contributed by atoms with Crippen LogP contribution in [-0.2, 0) is 24.8 Å². The summed E-state index contributed by atoms with van der Waals surface area (Å²) in [6.07, 6.45) is 6.59. The third kappa shape index (κ3) is 4.17. The molecule has 0 aliphatic carbocycles. The largest absolute Gasteiger partial charge is 0.490 e. The molecule has 1 aromatic carbocycles. The van der Waals surface area contributed by atoms with Gasteiger partial charge in [0.05, 0.1) is 24.1 Å². The van der Waals surface area contributed by atoms with Crippen molar-refractivity contribution in [3.05, 3.63) is 54.1 Å². The minimum atomic E-state index is 0.0740. The van der Waals surface area contributed by atoms with Crippen LogP contribution >= 0.6 is 0 Å². The van der Waals surface area contributed by atoms with Crippen molar-refractivity contribution in [3.8, 4) is 17.0 Å². The third-order valence-corrected chi connectivity index (χ3v) is 6.20. The van der Waals surface area contributed by atoms with E-state index in [1.807, 2.05) is 54.7 Å². The van der Waals surface area contributed by atoms with Crippen molar-refractivity contribution in [2.45, 2.75) is 38.8 Å². The van der Waals surface area contributed by atoms with E-state index in [0.29, 0.717) is 13.1 Å². The molecule has 8 nitrogen and oxygen atoms in total. The van der Waals surface area contributed by atoms with Crippen molar-refractivity contribution in [1.29, 1.82) is 0 Å². The summed E-state index contributed by atoms with van der Waals surface area (Å²) in [6.45, 7) is 4.53. The molecule has 2 aliphatic rings. The zero-order valence-electron chi connectivity index (χ0n) is 18.6. The van der Waals surface area contributed by atoms with Crippen molar-refractivity contribution in [2.24, 2.45) is 7.05 Å². The first kappa shape index (κ1) is 20.5. The Kier molecular flexibility index (Phi) is 5.51. The summed E-state index contributed by atoms with van der Waals surface area (Å²) in [5.74, 6) is 1.90. The molecule has 32 heavy (non-hydrogen) atoms. The van der Waals surface area contributed by atoms with Gasteiger partial charge in [-0.2, -0.15) is 5.10 Å². The molecule has 4 heterocycles. The molecule has 0 spiro atoms. The smallest absolute Gasteiger partial charge is 0.219 e. The first-order chi connectivity index (χ1) is 15.6. The van der Waals surface area contributed by atoms with Crippen LogP contribution in [0, 0.1) is 0 Å². The van der Waals surface area contributed by atoms with E-state index in [0.717, 1.165) is 66.6 Å². The number of ether oxygens (including phenoxy) is 1. The second-order valence-electron chi connectivity index (χ2n) is 8.50. The van der Waals surface area contributed by atoms with Crippen LogP contribution in [0.3, 0.4) is 0 Å². The maximum absolute atomic E-state index is 11.9. The number of amides is 1. The highest BCUT2D eigenvalue weighted by atomic mass is 16.5. The van der Waals surface area contributed by atoms with Crippen LogP contribution in [0.5, 0.6) is 5.75 Å². The molecule has 0 bridgehead atoms. The van der Waals surface area contributed by atoms with Gasteiger partial charge in [-0.1, -0.05) is 18.2 Å². The van der Waals surface area contributed by atoms with Crippen LogP contribution in [0.2, 0.25) is 0 Å². The first-order valence-electron chi connectivity index (χ1n) is 11.2. The number of fused-ring (bicyclic) bond motifs is 1. The van der Waals surface area contributed by atoms with Gasteiger partial charge in [-0.05, 0) is 12.1 Å². The van der Waals surface area contributed by atoms with E-state index in [2.05, 4.69) is 10.00 Å². The lowest BCUT2D eigenvalue weighted by Gasteiger charge is -2.35. The van der Waals surface area contributed by atoms with Crippen LogP contribution < -0.4 is 9.64 Å². The number of rotatable bonds is 4. The summed E-state index contributed by atoms with van der Waals surface area (Å²) in [7, 11) is 1.90. The summed E-state index contributed by atoms with van der Waals surface area (Å²) in [6, 6.07) is 10.0. The third-order valence-electron chi connectivity index (χ3n) is 6.20. The fraction of sp³-hybridized carbons (Fsp3) is 0.417. The zero-order chi connectivity index (χ0) is 22.1. The Hall–Kier alpha value is -3.42. The summed E-state index contributed by atoms with van der Waals surface area (Å²) in [5.41, 5.74) is 3.66. The van der Waals surface area contributed by atoms with Crippen LogP contribution in [-0.4, -0.2) is 56.3 Å². The molecule has 0 saturated carbocycles. The number of piperidine rings is 1. The minimum Gasteiger partial charge on any atom is -0.490 e. The van der Waals surface area contributed by atoms with Gasteiger partial charge in [-0.15, -0.1) is 0 Å². The van der Waals surface area contributed by atoms with E-state index in [4.69, 9.17) is 14.7 Å². The van der Waals surface area contributed by atoms with Crippen molar-refractivity contribution in [3.63, 3.8) is 0 Å². The molecule has 1 fully saturated rings. The van der Waals surface area contributed by atoms with Crippen molar-refractivity contribution >= 4 is 11.7 Å². The SMILES string of the molecule is CC(=O)N1CCc2nc(N3CCC(Oc4ccccc4)CC3)c(-c3cnn(C)c3)nc2C1. The quantitative estimate of drug-likeness (QED) is 0.631. The Morgan fingerprint density at radius 1 is 1.06 bits per heavy atom. The second-order valence-corrected chi connectivity index (χ2v) is 8.50. The van der Waals surface area contributed by atoms with Gasteiger partial charge in [-0.3, -0.25) is 9.48 Å². The van der Waals surface area contributed by atoms with Crippen LogP contribution in [0.1, 0.15) is 31.2 Å². The number of anilines is 1. The first-order valence-corrected chi connectivity index (χ1v) is 11.2. The van der Waals surface area contributed by atoms with Crippen molar-refractivity contribution in [2.75, 3.05) is 24.5 Å². The summed E-state index contributed by atoms with van der Waals surface area (Å²) in [4.78, 5) is 26.1. The number of nitrogens with zero attached hydrogens (tertiary/aromatic N) is 6. The lowest BCUT2D eigenvalue weighted by Crippen LogP contribution is -2.40. The minimum absolute atomic E-state index is 0.0740. The van der Waals surface area contributed by atoms with Crippen LogP contribution in [0.25, 0.3) is 11.3 Å². The number of para-hydroxylation sites is 1. The monoisotopic (exact) mass is 432 g/mol. The fourth-order valence-corrected chi connectivity index (χ4v) is 4.43. The molecular weight excluding hydrogens is 404 g/mol. The van der Waals surface area contributed by atoms with Crippen molar-refractivity contribution < 1.29 is 9.53 Å². The second kappa shape index (κ2) is 8.61. The molecule has 166 valence electrons. The van der Waals surface area contributed by atoms with E-state index < -0.39 is 0 Å². The summed E-state index contributed by atoms with van der Waals surface area (Å²) in [5, 5.41) is 4.34. The van der Waals surface area contributed by atoms with Crippen LogP contribution in [0.4, 0.5) is 5.82 Å². The highest BCUT2D eigenvalue weighted by Gasteiger charge is 2.28. The Balaban J connectivity index is 1.40. The molecule has 2 aromatic heterocycles. The zero-order valence-corrected chi connectivity index (χ0v) is 18.6. The predicted molar refractivity (Wildman–Crippen MR) is 121 cm³/mol. The molecule has 0 N–H and O–H groups in total. The standard InChI is InChI=1S/C24H28N6O2/c1-17(31)30-13-10-21-22(16-30)26-23(18-14-25-28(2)15-18)24(27-21)29-11-8-20(9-12-29)32-19-6-4-3-5-7-19/h3-7,14-15,20H,8-13,16H2,1-2H3. The van der Waals surface area contributed by atoms with Gasteiger partial charge >= 0.3 is 0 Å². The Morgan fingerprint density at radius 3 is 2.53 bits per heavy atom. The van der Waals surface area contributed by atoms with Gasteiger partial charge < -0.3 is 14.5 Å². The molecule has 5 rings (SSSR count). The maximum Gasteiger partial charge on any atom is 0.219 e. The number of carbonyl (C=O) groups excluding carboxylic acids is 1. The van der Waals surface area contributed by atoms with E-state index in [1.54, 1.807) is 11.6 Å². The molecule has 1 saturated heterocycles. The fourth-order valence-electron chi connectivity index (χ4n) is 4.43. The average molecular weight is 433 g/mol. The van der Waals surface area contributed by atoms with E-state index in [-0.39, 0.29) is 12.0 Å². The number of hydrogen-bond donors (Lipinski definition) is 0. The molecule has 0 radical (unpaired) electrons. The number of benzene rings is 1. The van der Waals surface area contributed by atoms with E-state index in [1.165, 1.54) is 0 Å². The Labute approximate surface area is 187 Å². The van der Waals surface area contributed by atoms with E-state index in [9.17, 15) is 4.79 Å². The number of aryl methyl sites for hydroxylation is 1. The molecule has 2 aliphatic heterocycles. The van der Waals surface area contributed by atoms with Gasteiger partial charge in [0.1, 0.15) is 17.5 Å². The van der Waals surface area contributed by atoms with E-state index >= 15 is 0 Å². The maximum atomic E-state index is 11.9.